The van der Waals surface area contributed by atoms with Gasteiger partial charge in [-0.05, 0) is 75.9 Å². The average molecular weight is 686 g/mol. The predicted octanol–water partition coefficient (Wildman–Crippen LogP) is 3.73. The fraction of sp³-hybridized carbons (Fsp3) is 0. The molecule has 0 N–H and O–H groups in total. The van der Waals surface area contributed by atoms with E-state index in [0.29, 0.717) is 17.9 Å². The predicted molar refractivity (Wildman–Crippen MR) is 134 cm³/mol. The topological polar surface area (TPSA) is 104 Å². The van der Waals surface area contributed by atoms with E-state index in [1.54, 1.807) is 0 Å². The highest BCUT2D eigenvalue weighted by Gasteiger charge is 2.24. The van der Waals surface area contributed by atoms with Crippen LogP contribution in [0.25, 0.3) is 32.9 Å². The lowest BCUT2D eigenvalue weighted by Crippen LogP contribution is -2.25. The maximum atomic E-state index is 13.2. The summed E-state index contributed by atoms with van der Waals surface area (Å²) in [5.41, 5.74) is -1.85. The van der Waals surface area contributed by atoms with E-state index in [0.717, 1.165) is 9.13 Å². The van der Waals surface area contributed by atoms with Gasteiger partial charge < -0.3 is 0 Å². The molecule has 0 saturated heterocycles. The quantitative estimate of drug-likeness (QED) is 0.281. The van der Waals surface area contributed by atoms with Crippen molar-refractivity contribution in [1.82, 2.24) is 19.1 Å². The van der Waals surface area contributed by atoms with Crippen LogP contribution in [0.15, 0.2) is 74.0 Å². The second-order valence-corrected chi connectivity index (χ2v) is 10.2. The van der Waals surface area contributed by atoms with Crippen molar-refractivity contribution in [2.75, 3.05) is 0 Å². The van der Waals surface area contributed by atoms with E-state index in [1.807, 2.05) is 0 Å². The zero-order chi connectivity index (χ0) is 22.9. The third-order valence-corrected chi connectivity index (χ3v) is 7.32. The van der Waals surface area contributed by atoms with E-state index < -0.39 is 22.2 Å². The summed E-state index contributed by atoms with van der Waals surface area (Å²) in [5.74, 6) is 0. The van der Waals surface area contributed by atoms with Crippen molar-refractivity contribution in [3.63, 3.8) is 0 Å². The average Bonchev–Trinajstić information content (AvgIpc) is 3.13. The highest BCUT2D eigenvalue weighted by Crippen LogP contribution is 2.29. The summed E-state index contributed by atoms with van der Waals surface area (Å²) in [6, 6.07) is 2.61. The summed E-state index contributed by atoms with van der Waals surface area (Å²) in [7, 11) is 0. The summed E-state index contributed by atoms with van der Waals surface area (Å²) in [6.07, 6.45) is 5.83. The van der Waals surface area contributed by atoms with Gasteiger partial charge in [0.15, 0.2) is 0 Å². The number of fused-ring (bicyclic) bond motifs is 2. The molecule has 158 valence electrons. The Balaban J connectivity index is 1.91. The third-order valence-electron chi connectivity index (χ3n) is 5.00. The lowest BCUT2D eigenvalue weighted by molar-refractivity contribution is 0.966. The highest BCUT2D eigenvalue weighted by molar-refractivity contribution is 9.11. The van der Waals surface area contributed by atoms with E-state index >= 15 is 0 Å². The van der Waals surface area contributed by atoms with Gasteiger partial charge in [-0.1, -0.05) is 0 Å². The van der Waals surface area contributed by atoms with E-state index in [-0.39, 0.29) is 32.9 Å². The maximum Gasteiger partial charge on any atom is 0.266 e. The first-order valence-electron chi connectivity index (χ1n) is 8.76. The molecule has 0 aliphatic rings. The van der Waals surface area contributed by atoms with Gasteiger partial charge in [-0.3, -0.25) is 29.1 Å². The Morgan fingerprint density at radius 1 is 0.500 bits per heavy atom. The molecule has 4 aromatic heterocycles. The van der Waals surface area contributed by atoms with Crippen LogP contribution in [0.5, 0.6) is 0 Å². The molecule has 0 amide bonds. The molecule has 5 rings (SSSR count). The second-order valence-electron chi connectivity index (χ2n) is 6.74. The normalized spacial score (nSPS) is 11.6. The Kier molecular flexibility index (Phi) is 5.15. The van der Waals surface area contributed by atoms with Crippen LogP contribution in [0, 0.1) is 0 Å². The van der Waals surface area contributed by atoms with E-state index in [1.165, 1.54) is 36.9 Å². The molecule has 0 saturated carbocycles. The Hall–Kier alpha value is -2.28. The van der Waals surface area contributed by atoms with Gasteiger partial charge in [0.25, 0.3) is 22.2 Å². The molecule has 0 fully saturated rings. The lowest BCUT2D eigenvalue weighted by Gasteiger charge is -2.05. The summed E-state index contributed by atoms with van der Waals surface area (Å²) in [4.78, 5) is 60.7. The first-order valence-corrected chi connectivity index (χ1v) is 11.9. The first kappa shape index (κ1) is 21.6. The molecule has 0 bridgehead atoms. The fourth-order valence-corrected chi connectivity index (χ4v) is 6.18. The van der Waals surface area contributed by atoms with Gasteiger partial charge in [-0.2, -0.15) is 0 Å². The fourth-order valence-electron chi connectivity index (χ4n) is 3.62. The van der Waals surface area contributed by atoms with Crippen LogP contribution in [-0.4, -0.2) is 19.1 Å². The molecular weight excluding hydrogens is 680 g/mol. The van der Waals surface area contributed by atoms with Crippen molar-refractivity contribution in [1.29, 1.82) is 0 Å². The largest absolute Gasteiger partial charge is 0.268 e. The Labute approximate surface area is 210 Å². The molecule has 12 heteroatoms. The lowest BCUT2D eigenvalue weighted by atomic mass is 10.1. The molecule has 5 aromatic rings. The van der Waals surface area contributed by atoms with E-state index in [9.17, 15) is 19.2 Å². The molecular formula is C20H6Br4N4O4. The standard InChI is InChI=1S/C20H6Br4N4O4/c21-11-3-25-4-12(22)15(11)27-17(29)7-1-8-10(2-9(7)19(27)31)20(32)28(18(8)30)16-13(23)5-26-6-14(16)24/h1-6H. The monoisotopic (exact) mass is 682 g/mol. The molecule has 4 heterocycles. The van der Waals surface area contributed by atoms with Gasteiger partial charge in [-0.15, -0.1) is 0 Å². The Morgan fingerprint density at radius 2 is 0.750 bits per heavy atom. The molecule has 0 atom stereocenters. The summed E-state index contributed by atoms with van der Waals surface area (Å²) in [6.45, 7) is 0. The number of hydrogen-bond donors (Lipinski definition) is 0. The Morgan fingerprint density at radius 3 is 1.00 bits per heavy atom. The van der Waals surface area contributed by atoms with Crippen molar-refractivity contribution < 1.29 is 0 Å². The summed E-state index contributed by atoms with van der Waals surface area (Å²) in [5, 5.41) is 0.167. The van der Waals surface area contributed by atoms with Crippen LogP contribution in [-0.2, 0) is 0 Å². The van der Waals surface area contributed by atoms with Crippen molar-refractivity contribution in [2.24, 2.45) is 0 Å². The van der Waals surface area contributed by atoms with Crippen LogP contribution in [0.2, 0.25) is 0 Å². The number of rotatable bonds is 2. The van der Waals surface area contributed by atoms with Crippen molar-refractivity contribution >= 4 is 85.3 Å². The van der Waals surface area contributed by atoms with Gasteiger partial charge in [0.1, 0.15) is 0 Å². The first-order chi connectivity index (χ1) is 15.2. The van der Waals surface area contributed by atoms with Gasteiger partial charge >= 0.3 is 0 Å². The minimum Gasteiger partial charge on any atom is -0.268 e. The van der Waals surface area contributed by atoms with Crippen LogP contribution in [0.4, 0.5) is 0 Å². The second kappa shape index (κ2) is 7.65. The Bertz CT molecular complexity index is 1570. The van der Waals surface area contributed by atoms with Crippen LogP contribution in [0.3, 0.4) is 0 Å². The van der Waals surface area contributed by atoms with Crippen molar-refractivity contribution in [3.05, 3.63) is 96.2 Å². The molecule has 0 spiro atoms. The third kappa shape index (κ3) is 2.96. The number of pyridine rings is 2. The molecule has 8 nitrogen and oxygen atoms in total. The highest BCUT2D eigenvalue weighted by atomic mass is 79.9. The molecule has 32 heavy (non-hydrogen) atoms. The number of nitrogens with zero attached hydrogens (tertiary/aromatic N) is 4. The zero-order valence-electron chi connectivity index (χ0n) is 15.4. The van der Waals surface area contributed by atoms with E-state index in [4.69, 9.17) is 0 Å². The SMILES string of the molecule is O=c1c2cc3c(=O)n(-c4c(Br)cncc4Br)c(=O)c3cc2c(=O)n1-c1c(Br)cncc1Br. The van der Waals surface area contributed by atoms with Gasteiger partial charge in [0.05, 0.1) is 50.8 Å². The molecule has 0 aliphatic heterocycles. The van der Waals surface area contributed by atoms with Crippen molar-refractivity contribution in [2.45, 2.75) is 0 Å². The molecule has 0 radical (unpaired) electrons. The maximum absolute atomic E-state index is 13.2. The summed E-state index contributed by atoms with van der Waals surface area (Å²) >= 11 is 13.2. The summed E-state index contributed by atoms with van der Waals surface area (Å²) < 4.78 is 3.69. The minimum absolute atomic E-state index is 0.0419. The van der Waals surface area contributed by atoms with Crippen LogP contribution in [0.1, 0.15) is 0 Å². The van der Waals surface area contributed by atoms with Crippen LogP contribution >= 0.6 is 63.7 Å². The molecule has 0 aliphatic carbocycles. The minimum atomic E-state index is -0.606. The van der Waals surface area contributed by atoms with Gasteiger partial charge in [0, 0.05) is 24.8 Å². The van der Waals surface area contributed by atoms with Crippen molar-refractivity contribution in [3.8, 4) is 11.4 Å². The number of aromatic nitrogens is 4. The molecule has 0 unspecified atom stereocenters. The number of halogens is 4. The zero-order valence-corrected chi connectivity index (χ0v) is 21.7. The van der Waals surface area contributed by atoms with E-state index in [2.05, 4.69) is 73.7 Å². The van der Waals surface area contributed by atoms with Gasteiger partial charge in [-0.25, -0.2) is 9.13 Å². The number of hydrogen-bond acceptors (Lipinski definition) is 6. The molecule has 1 aromatic carbocycles. The van der Waals surface area contributed by atoms with Crippen LogP contribution < -0.4 is 22.2 Å². The van der Waals surface area contributed by atoms with Gasteiger partial charge in [0.2, 0.25) is 0 Å². The smallest absolute Gasteiger partial charge is 0.266 e. The number of benzene rings is 1.